The molecule has 112 valence electrons. The third-order valence-corrected chi connectivity index (χ3v) is 4.86. The quantitative estimate of drug-likeness (QED) is 0.788. The number of nitrogens with two attached hydrogens (primary N) is 1. The normalized spacial score (nSPS) is 13.2. The van der Waals surface area contributed by atoms with E-state index in [0.29, 0.717) is 0 Å². The van der Waals surface area contributed by atoms with Gasteiger partial charge in [-0.05, 0) is 24.6 Å². The second kappa shape index (κ2) is 6.83. The van der Waals surface area contributed by atoms with Gasteiger partial charge in [-0.2, -0.15) is 4.31 Å². The molecule has 1 rings (SSSR count). The molecular weight excluding hydrogens is 280 g/mol. The van der Waals surface area contributed by atoms with Crippen molar-refractivity contribution in [1.29, 1.82) is 0 Å². The maximum absolute atomic E-state index is 12.4. The highest BCUT2D eigenvalue weighted by Crippen LogP contribution is 2.18. The van der Waals surface area contributed by atoms with Crippen molar-refractivity contribution in [2.75, 3.05) is 20.2 Å². The molecule has 1 atom stereocenters. The van der Waals surface area contributed by atoms with Crippen LogP contribution in [0.3, 0.4) is 0 Å². The predicted octanol–water partition coefficient (Wildman–Crippen LogP) is 0.890. The number of esters is 1. The predicted molar refractivity (Wildman–Crippen MR) is 75.5 cm³/mol. The van der Waals surface area contributed by atoms with Crippen LogP contribution in [0.5, 0.6) is 0 Å². The molecule has 0 aromatic heterocycles. The highest BCUT2D eigenvalue weighted by molar-refractivity contribution is 7.89. The topological polar surface area (TPSA) is 89.7 Å². The molecule has 0 fully saturated rings. The zero-order valence-electron chi connectivity index (χ0n) is 11.9. The summed E-state index contributed by atoms with van der Waals surface area (Å²) < 4.78 is 30.3. The lowest BCUT2D eigenvalue weighted by Gasteiger charge is -2.19. The number of hydrogen-bond donors (Lipinski definition) is 1. The summed E-state index contributed by atoms with van der Waals surface area (Å²) in [5.41, 5.74) is 6.57. The molecule has 6 nitrogen and oxygen atoms in total. The first-order valence-corrected chi connectivity index (χ1v) is 7.69. The van der Waals surface area contributed by atoms with E-state index in [1.807, 2.05) is 6.92 Å². The Hall–Kier alpha value is -1.44. The molecule has 0 spiro atoms. The monoisotopic (exact) mass is 300 g/mol. The van der Waals surface area contributed by atoms with Gasteiger partial charge in [0.1, 0.15) is 6.54 Å². The SMILES string of the molecule is CCN(CC(=O)OC)S(=O)(=O)c1ccc(C(C)N)cc1. The van der Waals surface area contributed by atoms with E-state index in [2.05, 4.69) is 4.74 Å². The first-order chi connectivity index (χ1) is 9.32. The van der Waals surface area contributed by atoms with E-state index < -0.39 is 16.0 Å². The molecule has 0 radical (unpaired) electrons. The van der Waals surface area contributed by atoms with E-state index >= 15 is 0 Å². The van der Waals surface area contributed by atoms with Crippen molar-refractivity contribution >= 4 is 16.0 Å². The van der Waals surface area contributed by atoms with Gasteiger partial charge in [0.2, 0.25) is 10.0 Å². The van der Waals surface area contributed by atoms with Crippen LogP contribution < -0.4 is 5.73 Å². The molecule has 0 saturated carbocycles. The fourth-order valence-electron chi connectivity index (χ4n) is 1.67. The minimum atomic E-state index is -3.71. The number of carbonyl (C=O) groups is 1. The van der Waals surface area contributed by atoms with Crippen molar-refractivity contribution < 1.29 is 17.9 Å². The van der Waals surface area contributed by atoms with Gasteiger partial charge < -0.3 is 10.5 Å². The fourth-order valence-corrected chi connectivity index (χ4v) is 3.06. The van der Waals surface area contributed by atoms with Crippen LogP contribution in [0.25, 0.3) is 0 Å². The average molecular weight is 300 g/mol. The van der Waals surface area contributed by atoms with Gasteiger partial charge >= 0.3 is 5.97 Å². The van der Waals surface area contributed by atoms with Crippen LogP contribution in [-0.4, -0.2) is 38.9 Å². The number of benzene rings is 1. The average Bonchev–Trinajstić information content (AvgIpc) is 2.44. The molecule has 20 heavy (non-hydrogen) atoms. The van der Waals surface area contributed by atoms with E-state index in [9.17, 15) is 13.2 Å². The molecule has 0 aliphatic rings. The Bertz CT molecular complexity index is 552. The second-order valence-electron chi connectivity index (χ2n) is 4.37. The lowest BCUT2D eigenvalue weighted by atomic mass is 10.1. The zero-order chi connectivity index (χ0) is 15.3. The Balaban J connectivity index is 3.04. The van der Waals surface area contributed by atoms with Crippen molar-refractivity contribution in [3.63, 3.8) is 0 Å². The minimum absolute atomic E-state index is 0.132. The number of ether oxygens (including phenoxy) is 1. The summed E-state index contributed by atoms with van der Waals surface area (Å²) in [6.45, 7) is 3.37. The maximum atomic E-state index is 12.4. The summed E-state index contributed by atoms with van der Waals surface area (Å²) in [6, 6.07) is 6.17. The molecule has 1 aromatic carbocycles. The Labute approximate surface area is 119 Å². The van der Waals surface area contributed by atoms with E-state index in [0.717, 1.165) is 9.87 Å². The van der Waals surface area contributed by atoms with E-state index in [-0.39, 0.29) is 24.0 Å². The van der Waals surface area contributed by atoms with Crippen molar-refractivity contribution in [2.24, 2.45) is 5.73 Å². The van der Waals surface area contributed by atoms with Crippen molar-refractivity contribution in [3.8, 4) is 0 Å². The Kier molecular flexibility index (Phi) is 5.67. The number of likely N-dealkylation sites (N-methyl/N-ethyl adjacent to an activating group) is 1. The van der Waals surface area contributed by atoms with Crippen LogP contribution in [-0.2, 0) is 19.6 Å². The van der Waals surface area contributed by atoms with Gasteiger partial charge in [0.15, 0.2) is 0 Å². The van der Waals surface area contributed by atoms with Gasteiger partial charge in [-0.1, -0.05) is 19.1 Å². The number of hydrogen-bond acceptors (Lipinski definition) is 5. The van der Waals surface area contributed by atoms with Crippen molar-refractivity contribution in [1.82, 2.24) is 4.31 Å². The molecule has 7 heteroatoms. The molecule has 0 aliphatic carbocycles. The zero-order valence-corrected chi connectivity index (χ0v) is 12.7. The van der Waals surface area contributed by atoms with Gasteiger partial charge in [0, 0.05) is 12.6 Å². The van der Waals surface area contributed by atoms with Gasteiger partial charge in [-0.25, -0.2) is 8.42 Å². The highest BCUT2D eigenvalue weighted by Gasteiger charge is 2.25. The lowest BCUT2D eigenvalue weighted by Crippen LogP contribution is -2.36. The number of methoxy groups -OCH3 is 1. The van der Waals surface area contributed by atoms with Gasteiger partial charge in [0.25, 0.3) is 0 Å². The largest absolute Gasteiger partial charge is 0.468 e. The van der Waals surface area contributed by atoms with Crippen LogP contribution in [0.2, 0.25) is 0 Å². The Morgan fingerprint density at radius 2 is 1.90 bits per heavy atom. The third kappa shape index (κ3) is 3.78. The molecule has 0 aliphatic heterocycles. The molecule has 0 heterocycles. The summed E-state index contributed by atoms with van der Waals surface area (Å²) in [7, 11) is -2.48. The third-order valence-electron chi connectivity index (χ3n) is 2.93. The van der Waals surface area contributed by atoms with Crippen LogP contribution in [0.4, 0.5) is 0 Å². The van der Waals surface area contributed by atoms with E-state index in [1.165, 1.54) is 19.2 Å². The van der Waals surface area contributed by atoms with Gasteiger partial charge in [-0.3, -0.25) is 4.79 Å². The summed E-state index contributed by atoms with van der Waals surface area (Å²) in [5, 5.41) is 0. The summed E-state index contributed by atoms with van der Waals surface area (Å²) in [6.07, 6.45) is 0. The molecule has 1 aromatic rings. The summed E-state index contributed by atoms with van der Waals surface area (Å²) in [4.78, 5) is 11.4. The molecule has 2 N–H and O–H groups in total. The Morgan fingerprint density at radius 3 is 2.30 bits per heavy atom. The van der Waals surface area contributed by atoms with Crippen LogP contribution >= 0.6 is 0 Å². The molecule has 0 saturated heterocycles. The molecule has 0 bridgehead atoms. The van der Waals surface area contributed by atoms with Gasteiger partial charge in [-0.15, -0.1) is 0 Å². The highest BCUT2D eigenvalue weighted by atomic mass is 32.2. The summed E-state index contributed by atoms with van der Waals surface area (Å²) >= 11 is 0. The molecular formula is C13H20N2O4S. The second-order valence-corrected chi connectivity index (χ2v) is 6.30. The number of carbonyl (C=O) groups excluding carboxylic acids is 1. The van der Waals surface area contributed by atoms with E-state index in [1.54, 1.807) is 19.1 Å². The van der Waals surface area contributed by atoms with Crippen molar-refractivity contribution in [2.45, 2.75) is 24.8 Å². The number of rotatable bonds is 6. The first kappa shape index (κ1) is 16.6. The maximum Gasteiger partial charge on any atom is 0.321 e. The fraction of sp³-hybridized carbons (Fsp3) is 0.462. The van der Waals surface area contributed by atoms with Crippen LogP contribution in [0, 0.1) is 0 Å². The number of sulfonamides is 1. The molecule has 1 unspecified atom stereocenters. The molecule has 0 amide bonds. The minimum Gasteiger partial charge on any atom is -0.468 e. The Morgan fingerprint density at radius 1 is 1.35 bits per heavy atom. The standard InChI is InChI=1S/C13H20N2O4S/c1-4-15(9-13(16)19-3)20(17,18)12-7-5-11(6-8-12)10(2)14/h5-8,10H,4,9,14H2,1-3H3. The summed E-state index contributed by atoms with van der Waals surface area (Å²) in [5.74, 6) is -0.595. The van der Waals surface area contributed by atoms with Crippen LogP contribution in [0.15, 0.2) is 29.2 Å². The number of nitrogens with zero attached hydrogens (tertiary/aromatic N) is 1. The van der Waals surface area contributed by atoms with E-state index in [4.69, 9.17) is 5.73 Å². The van der Waals surface area contributed by atoms with Crippen molar-refractivity contribution in [3.05, 3.63) is 29.8 Å². The lowest BCUT2D eigenvalue weighted by molar-refractivity contribution is -0.140. The van der Waals surface area contributed by atoms with Gasteiger partial charge in [0.05, 0.1) is 12.0 Å². The first-order valence-electron chi connectivity index (χ1n) is 6.25. The smallest absolute Gasteiger partial charge is 0.321 e. The van der Waals surface area contributed by atoms with Crippen LogP contribution in [0.1, 0.15) is 25.5 Å².